The molecule has 0 unspecified atom stereocenters. The van der Waals surface area contributed by atoms with Crippen LogP contribution in [0, 0.1) is 10.1 Å². The first-order valence-electron chi connectivity index (χ1n) is 8.12. The second-order valence-corrected chi connectivity index (χ2v) is 6.16. The molecular formula is C18H21N5O2. The highest BCUT2D eigenvalue weighted by atomic mass is 16.6. The molecular weight excluding hydrogens is 318 g/mol. The number of benzene rings is 1. The van der Waals surface area contributed by atoms with Gasteiger partial charge in [0.1, 0.15) is 0 Å². The van der Waals surface area contributed by atoms with E-state index in [4.69, 9.17) is 0 Å². The number of hydrogen-bond donors (Lipinski definition) is 1. The Morgan fingerprint density at radius 1 is 1.20 bits per heavy atom. The van der Waals surface area contributed by atoms with Crippen LogP contribution in [0.25, 0.3) is 5.65 Å². The average molecular weight is 339 g/mol. The second-order valence-electron chi connectivity index (χ2n) is 6.16. The number of rotatable bonds is 7. The van der Waals surface area contributed by atoms with Gasteiger partial charge in [-0.3, -0.25) is 0 Å². The van der Waals surface area contributed by atoms with Gasteiger partial charge in [-0.1, -0.05) is 36.4 Å². The molecule has 7 nitrogen and oxygen atoms in total. The monoisotopic (exact) mass is 339 g/mol. The number of anilines is 1. The Balaban J connectivity index is 1.80. The molecule has 0 aliphatic carbocycles. The first-order chi connectivity index (χ1) is 12.1. The third-order valence-corrected chi connectivity index (χ3v) is 4.23. The number of hydrogen-bond acceptors (Lipinski definition) is 5. The standard InChI is InChI=1S/C18H21N5O2/c1-21(2)15(12-14-8-4-3-5-9-14)13-19-17-18(23(24)25)22-11-7-6-10-16(22)20-17/h3-11,15,19H,12-13H2,1-2H3/t15-/m1/s1. The van der Waals surface area contributed by atoms with E-state index in [1.165, 1.54) is 9.96 Å². The summed E-state index contributed by atoms with van der Waals surface area (Å²) in [5, 5.41) is 14.6. The van der Waals surface area contributed by atoms with Crippen molar-refractivity contribution >= 4 is 17.3 Å². The highest BCUT2D eigenvalue weighted by Gasteiger charge is 2.23. The average Bonchev–Trinajstić information content (AvgIpc) is 2.97. The van der Waals surface area contributed by atoms with Crippen LogP contribution in [0.4, 0.5) is 11.6 Å². The zero-order valence-electron chi connectivity index (χ0n) is 14.3. The largest absolute Gasteiger partial charge is 0.372 e. The molecule has 130 valence electrons. The summed E-state index contributed by atoms with van der Waals surface area (Å²) < 4.78 is 1.49. The molecule has 0 spiro atoms. The summed E-state index contributed by atoms with van der Waals surface area (Å²) in [5.41, 5.74) is 1.79. The van der Waals surface area contributed by atoms with Crippen LogP contribution in [0.3, 0.4) is 0 Å². The van der Waals surface area contributed by atoms with Gasteiger partial charge < -0.3 is 20.3 Å². The van der Waals surface area contributed by atoms with Crippen LogP contribution < -0.4 is 5.32 Å². The lowest BCUT2D eigenvalue weighted by molar-refractivity contribution is -0.389. The van der Waals surface area contributed by atoms with Crippen molar-refractivity contribution in [2.75, 3.05) is 26.0 Å². The lowest BCUT2D eigenvalue weighted by Crippen LogP contribution is -2.36. The van der Waals surface area contributed by atoms with Gasteiger partial charge in [0.05, 0.1) is 6.20 Å². The number of nitro groups is 1. The maximum Gasteiger partial charge on any atom is 0.372 e. The Kier molecular flexibility index (Phi) is 4.95. The molecule has 1 atom stereocenters. The van der Waals surface area contributed by atoms with Crippen LogP contribution in [-0.2, 0) is 6.42 Å². The Labute approximate surface area is 146 Å². The van der Waals surface area contributed by atoms with E-state index in [9.17, 15) is 10.1 Å². The fraction of sp³-hybridized carbons (Fsp3) is 0.278. The van der Waals surface area contributed by atoms with Gasteiger partial charge >= 0.3 is 5.82 Å². The fourth-order valence-electron chi connectivity index (χ4n) is 2.81. The zero-order chi connectivity index (χ0) is 17.8. The Morgan fingerprint density at radius 3 is 2.60 bits per heavy atom. The van der Waals surface area contributed by atoms with E-state index < -0.39 is 4.92 Å². The lowest BCUT2D eigenvalue weighted by Gasteiger charge is -2.24. The summed E-state index contributed by atoms with van der Waals surface area (Å²) in [6, 6.07) is 15.7. The highest BCUT2D eigenvalue weighted by Crippen LogP contribution is 2.25. The van der Waals surface area contributed by atoms with Crippen molar-refractivity contribution in [2.45, 2.75) is 12.5 Å². The summed E-state index contributed by atoms with van der Waals surface area (Å²) >= 11 is 0. The minimum Gasteiger partial charge on any atom is -0.361 e. The number of likely N-dealkylation sites (N-methyl/N-ethyl adjacent to an activating group) is 1. The molecule has 1 aromatic carbocycles. The third-order valence-electron chi connectivity index (χ3n) is 4.23. The molecule has 0 radical (unpaired) electrons. The first-order valence-corrected chi connectivity index (χ1v) is 8.12. The van der Waals surface area contributed by atoms with Crippen LogP contribution in [0.2, 0.25) is 0 Å². The summed E-state index contributed by atoms with van der Waals surface area (Å²) in [6.45, 7) is 0.562. The third kappa shape index (κ3) is 3.77. The molecule has 2 aromatic heterocycles. The molecule has 3 aromatic rings. The Hall–Kier alpha value is -2.93. The molecule has 0 aliphatic rings. The van der Waals surface area contributed by atoms with Gasteiger partial charge in [0.25, 0.3) is 0 Å². The first kappa shape index (κ1) is 16.9. The maximum atomic E-state index is 11.5. The lowest BCUT2D eigenvalue weighted by atomic mass is 10.1. The Morgan fingerprint density at radius 2 is 1.92 bits per heavy atom. The van der Waals surface area contributed by atoms with Gasteiger partial charge in [0, 0.05) is 18.7 Å². The van der Waals surface area contributed by atoms with Crippen LogP contribution in [0.5, 0.6) is 0 Å². The molecule has 1 N–H and O–H groups in total. The van der Waals surface area contributed by atoms with Crippen molar-refractivity contribution in [3.63, 3.8) is 0 Å². The van der Waals surface area contributed by atoms with Crippen molar-refractivity contribution < 1.29 is 4.92 Å². The molecule has 25 heavy (non-hydrogen) atoms. The van der Waals surface area contributed by atoms with Crippen molar-refractivity contribution in [1.82, 2.24) is 14.3 Å². The van der Waals surface area contributed by atoms with Gasteiger partial charge in [0.15, 0.2) is 0 Å². The number of aromatic nitrogens is 2. The predicted octanol–water partition coefficient (Wildman–Crippen LogP) is 2.83. The molecule has 7 heteroatoms. The maximum absolute atomic E-state index is 11.5. The molecule has 0 saturated heterocycles. The summed E-state index contributed by atoms with van der Waals surface area (Å²) in [7, 11) is 4.01. The van der Waals surface area contributed by atoms with E-state index in [1.807, 2.05) is 38.4 Å². The molecule has 0 bridgehead atoms. The smallest absolute Gasteiger partial charge is 0.361 e. The topological polar surface area (TPSA) is 75.7 Å². The van der Waals surface area contributed by atoms with Gasteiger partial charge in [-0.05, 0) is 37.1 Å². The molecule has 0 aliphatic heterocycles. The summed E-state index contributed by atoms with van der Waals surface area (Å²) in [4.78, 5) is 17.5. The van der Waals surface area contributed by atoms with Crippen LogP contribution in [0.1, 0.15) is 5.56 Å². The quantitative estimate of drug-likeness (QED) is 0.529. The number of nitrogens with zero attached hydrogens (tertiary/aromatic N) is 4. The van der Waals surface area contributed by atoms with Crippen molar-refractivity contribution in [2.24, 2.45) is 0 Å². The minimum absolute atomic E-state index is 0.0344. The molecule has 0 saturated carbocycles. The minimum atomic E-state index is -0.399. The molecule has 0 amide bonds. The summed E-state index contributed by atoms with van der Waals surface area (Å²) in [5.74, 6) is 0.268. The summed E-state index contributed by atoms with van der Waals surface area (Å²) in [6.07, 6.45) is 2.50. The van der Waals surface area contributed by atoms with E-state index in [1.54, 1.807) is 18.3 Å². The van der Waals surface area contributed by atoms with E-state index in [0.29, 0.717) is 18.0 Å². The predicted molar refractivity (Wildman–Crippen MR) is 98.0 cm³/mol. The van der Waals surface area contributed by atoms with E-state index in [2.05, 4.69) is 27.3 Å². The zero-order valence-corrected chi connectivity index (χ0v) is 14.3. The SMILES string of the molecule is CN(C)[C@@H](CNc1nc2ccccn2c1[N+](=O)[O-])Cc1ccccc1. The van der Waals surface area contributed by atoms with Gasteiger partial charge in [-0.2, -0.15) is 9.38 Å². The van der Waals surface area contributed by atoms with E-state index >= 15 is 0 Å². The number of fused-ring (bicyclic) bond motifs is 1. The fourth-order valence-corrected chi connectivity index (χ4v) is 2.81. The van der Waals surface area contributed by atoms with Crippen molar-refractivity contribution in [3.05, 3.63) is 70.4 Å². The van der Waals surface area contributed by atoms with Gasteiger partial charge in [-0.25, -0.2) is 0 Å². The van der Waals surface area contributed by atoms with Crippen LogP contribution in [0.15, 0.2) is 54.7 Å². The Bertz CT molecular complexity index is 860. The van der Waals surface area contributed by atoms with Crippen molar-refractivity contribution in [1.29, 1.82) is 0 Å². The van der Waals surface area contributed by atoms with Gasteiger partial charge in [-0.15, -0.1) is 0 Å². The molecule has 3 rings (SSSR count). The number of nitrogens with one attached hydrogen (secondary N) is 1. The number of imidazole rings is 1. The number of pyridine rings is 1. The second kappa shape index (κ2) is 7.31. The van der Waals surface area contributed by atoms with Crippen LogP contribution >= 0.6 is 0 Å². The molecule has 2 heterocycles. The molecule has 0 fully saturated rings. The van der Waals surface area contributed by atoms with Gasteiger partial charge in [0.2, 0.25) is 11.5 Å². The van der Waals surface area contributed by atoms with E-state index in [0.717, 1.165) is 6.42 Å². The normalized spacial score (nSPS) is 12.4. The van der Waals surface area contributed by atoms with E-state index in [-0.39, 0.29) is 11.9 Å². The van der Waals surface area contributed by atoms with Crippen LogP contribution in [-0.4, -0.2) is 45.9 Å². The highest BCUT2D eigenvalue weighted by molar-refractivity contribution is 5.62. The van der Waals surface area contributed by atoms with Crippen molar-refractivity contribution in [3.8, 4) is 0 Å².